The van der Waals surface area contributed by atoms with Gasteiger partial charge in [0.15, 0.2) is 6.61 Å². The maximum absolute atomic E-state index is 5.94. The number of hydrogen-bond donors (Lipinski definition) is 0. The second-order valence-corrected chi connectivity index (χ2v) is 6.75. The van der Waals surface area contributed by atoms with E-state index in [9.17, 15) is 0 Å². The fourth-order valence-electron chi connectivity index (χ4n) is 3.05. The lowest BCUT2D eigenvalue weighted by atomic mass is 10.0. The summed E-state index contributed by atoms with van der Waals surface area (Å²) in [6, 6.07) is 14.2. The Hall–Kier alpha value is -2.03. The molecule has 0 N–H and O–H groups in total. The van der Waals surface area contributed by atoms with Gasteiger partial charge in [-0.05, 0) is 43.5 Å². The summed E-state index contributed by atoms with van der Waals surface area (Å²) in [5.74, 6) is 1.52. The minimum absolute atomic E-state index is 0.600. The summed E-state index contributed by atoms with van der Waals surface area (Å²) >= 11 is 0. The lowest BCUT2D eigenvalue weighted by molar-refractivity contribution is -0.892. The molecule has 0 spiro atoms. The topological polar surface area (TPSA) is 22.3 Å². The zero-order valence-corrected chi connectivity index (χ0v) is 16.5. The smallest absolute Gasteiger partial charge is 0.402 e. The summed E-state index contributed by atoms with van der Waals surface area (Å²) in [6.45, 7) is 4.83. The van der Waals surface area contributed by atoms with Crippen LogP contribution in [0.4, 0.5) is 0 Å². The first-order valence-corrected chi connectivity index (χ1v) is 10.2. The quantitative estimate of drug-likeness (QED) is 0.329. The molecule has 1 aromatic heterocycles. The third kappa shape index (κ3) is 7.47. The van der Waals surface area contributed by atoms with Crippen molar-refractivity contribution in [3.63, 3.8) is 0 Å². The number of nitrogens with zero attached hydrogens (tertiary/aromatic N) is 1. The number of benzene rings is 1. The number of pyridine rings is 1. The predicted molar refractivity (Wildman–Crippen MR) is 107 cm³/mol. The van der Waals surface area contributed by atoms with Crippen molar-refractivity contribution < 1.29 is 14.3 Å². The molecule has 1 heterocycles. The van der Waals surface area contributed by atoms with Crippen molar-refractivity contribution in [3.05, 3.63) is 54.2 Å². The molecule has 0 saturated heterocycles. The van der Waals surface area contributed by atoms with E-state index in [2.05, 4.69) is 19.1 Å². The van der Waals surface area contributed by atoms with E-state index in [1.165, 1.54) is 56.9 Å². The Morgan fingerprint density at radius 1 is 0.769 bits per heavy atom. The van der Waals surface area contributed by atoms with E-state index in [0.717, 1.165) is 12.2 Å². The molecular weight excluding hydrogens is 322 g/mol. The van der Waals surface area contributed by atoms with Gasteiger partial charge < -0.3 is 4.74 Å². The van der Waals surface area contributed by atoms with Crippen molar-refractivity contribution in [1.82, 2.24) is 0 Å². The van der Waals surface area contributed by atoms with Gasteiger partial charge in [-0.1, -0.05) is 64.0 Å². The van der Waals surface area contributed by atoms with Crippen molar-refractivity contribution in [2.75, 3.05) is 6.61 Å². The molecule has 1 aromatic carbocycles. The fourth-order valence-corrected chi connectivity index (χ4v) is 3.05. The minimum Gasteiger partial charge on any atom is -0.402 e. The molecule has 0 fully saturated rings. The van der Waals surface area contributed by atoms with E-state index in [1.54, 1.807) is 4.73 Å². The Balaban J connectivity index is 1.71. The van der Waals surface area contributed by atoms with Crippen LogP contribution in [0.3, 0.4) is 0 Å². The molecule has 26 heavy (non-hydrogen) atoms. The van der Waals surface area contributed by atoms with Gasteiger partial charge in [-0.15, -0.1) is 0 Å². The van der Waals surface area contributed by atoms with Crippen LogP contribution < -0.4 is 14.3 Å². The van der Waals surface area contributed by atoms with Crippen LogP contribution in [-0.4, -0.2) is 6.61 Å². The molecule has 142 valence electrons. The molecule has 0 aliphatic carbocycles. The van der Waals surface area contributed by atoms with Crippen molar-refractivity contribution in [2.45, 2.75) is 71.6 Å². The third-order valence-corrected chi connectivity index (χ3v) is 4.52. The highest BCUT2D eigenvalue weighted by Gasteiger charge is 2.13. The molecule has 0 atom stereocenters. The van der Waals surface area contributed by atoms with Crippen molar-refractivity contribution >= 4 is 0 Å². The Morgan fingerprint density at radius 2 is 1.46 bits per heavy atom. The van der Waals surface area contributed by atoms with Crippen molar-refractivity contribution in [1.29, 1.82) is 0 Å². The van der Waals surface area contributed by atoms with Crippen LogP contribution in [-0.2, 0) is 6.42 Å². The second kappa shape index (κ2) is 12.3. The molecule has 0 unspecified atom stereocenters. The minimum atomic E-state index is 0.600. The molecule has 0 radical (unpaired) electrons. The molecule has 0 bridgehead atoms. The molecule has 0 aliphatic rings. The van der Waals surface area contributed by atoms with E-state index >= 15 is 0 Å². The van der Waals surface area contributed by atoms with Crippen LogP contribution in [0.1, 0.15) is 70.8 Å². The lowest BCUT2D eigenvalue weighted by Crippen LogP contribution is -2.43. The Morgan fingerprint density at radius 3 is 2.15 bits per heavy atom. The van der Waals surface area contributed by atoms with Gasteiger partial charge in [-0.2, -0.15) is 0 Å². The molecule has 3 nitrogen and oxygen atoms in total. The first-order valence-electron chi connectivity index (χ1n) is 10.2. The van der Waals surface area contributed by atoms with Crippen LogP contribution in [0.25, 0.3) is 0 Å². The van der Waals surface area contributed by atoms with Gasteiger partial charge in [0.2, 0.25) is 6.20 Å². The summed E-state index contributed by atoms with van der Waals surface area (Å²) in [5, 5.41) is 0. The Labute approximate surface area is 158 Å². The zero-order valence-electron chi connectivity index (χ0n) is 16.5. The normalized spacial score (nSPS) is 10.7. The van der Waals surface area contributed by atoms with Crippen LogP contribution >= 0.6 is 0 Å². The number of ether oxygens (including phenoxy) is 1. The zero-order chi connectivity index (χ0) is 18.5. The van der Waals surface area contributed by atoms with Crippen molar-refractivity contribution in [2.24, 2.45) is 0 Å². The summed E-state index contributed by atoms with van der Waals surface area (Å²) in [4.78, 5) is 5.53. The highest BCUT2D eigenvalue weighted by molar-refractivity contribution is 5.29. The summed E-state index contributed by atoms with van der Waals surface area (Å²) in [6.07, 6.45) is 13.9. The maximum atomic E-state index is 5.94. The SMILES string of the molecule is CCCCCCCCCCc1ccc(Oc2cccc[n+]2OCC)cc1. The van der Waals surface area contributed by atoms with E-state index in [4.69, 9.17) is 9.57 Å². The number of aromatic nitrogens is 1. The predicted octanol–water partition coefficient (Wildman–Crippen LogP) is 5.90. The number of hydrogen-bond acceptors (Lipinski definition) is 2. The second-order valence-electron chi connectivity index (χ2n) is 6.75. The van der Waals surface area contributed by atoms with Gasteiger partial charge in [0.1, 0.15) is 5.75 Å². The first kappa shape index (κ1) is 20.3. The fraction of sp³-hybridized carbons (Fsp3) is 0.522. The Bertz CT molecular complexity index is 610. The molecule has 0 aliphatic heterocycles. The van der Waals surface area contributed by atoms with E-state index < -0.39 is 0 Å². The summed E-state index contributed by atoms with van der Waals surface area (Å²) in [7, 11) is 0. The molecular formula is C23H34NO2+. The highest BCUT2D eigenvalue weighted by atomic mass is 16.7. The number of aryl methyl sites for hydroxylation is 1. The monoisotopic (exact) mass is 356 g/mol. The largest absolute Gasteiger partial charge is 0.422 e. The maximum Gasteiger partial charge on any atom is 0.422 e. The van der Waals surface area contributed by atoms with Gasteiger partial charge in [0, 0.05) is 10.8 Å². The molecule has 3 heteroatoms. The average molecular weight is 357 g/mol. The number of unbranched alkanes of at least 4 members (excludes halogenated alkanes) is 7. The first-order chi connectivity index (χ1) is 12.8. The average Bonchev–Trinajstić information content (AvgIpc) is 2.67. The highest BCUT2D eigenvalue weighted by Crippen LogP contribution is 2.19. The van der Waals surface area contributed by atoms with Crippen LogP contribution in [0.5, 0.6) is 11.6 Å². The van der Waals surface area contributed by atoms with Gasteiger partial charge in [0.25, 0.3) is 0 Å². The Kier molecular flexibility index (Phi) is 9.63. The lowest BCUT2D eigenvalue weighted by Gasteiger charge is -2.06. The summed E-state index contributed by atoms with van der Waals surface area (Å²) < 4.78 is 7.61. The van der Waals surface area contributed by atoms with E-state index in [0.29, 0.717) is 12.5 Å². The van der Waals surface area contributed by atoms with Gasteiger partial charge in [0.05, 0.1) is 6.07 Å². The van der Waals surface area contributed by atoms with Gasteiger partial charge in [-0.3, -0.25) is 4.84 Å². The molecule has 2 aromatic rings. The van der Waals surface area contributed by atoms with Gasteiger partial charge >= 0.3 is 5.88 Å². The third-order valence-electron chi connectivity index (χ3n) is 4.52. The van der Waals surface area contributed by atoms with E-state index in [1.807, 2.05) is 43.5 Å². The molecule has 0 amide bonds. The number of rotatable bonds is 13. The molecule has 0 saturated carbocycles. The standard InChI is InChI=1S/C23H34NO2/c1-3-5-6-7-8-9-10-11-14-21-16-18-22(19-17-21)26-23-15-12-13-20-24(23)25-4-2/h12-13,15-20H,3-11,14H2,1-2H3/q+1. The van der Waals surface area contributed by atoms with Crippen LogP contribution in [0, 0.1) is 0 Å². The van der Waals surface area contributed by atoms with E-state index in [-0.39, 0.29) is 0 Å². The van der Waals surface area contributed by atoms with Crippen LogP contribution in [0.15, 0.2) is 48.7 Å². The van der Waals surface area contributed by atoms with Crippen molar-refractivity contribution in [3.8, 4) is 11.6 Å². The van der Waals surface area contributed by atoms with Crippen LogP contribution in [0.2, 0.25) is 0 Å². The van der Waals surface area contributed by atoms with Gasteiger partial charge in [-0.25, -0.2) is 0 Å². The molecule has 2 rings (SSSR count). The summed E-state index contributed by atoms with van der Waals surface area (Å²) in [5.41, 5.74) is 1.38.